The summed E-state index contributed by atoms with van der Waals surface area (Å²) >= 11 is 1.98. The Balaban J connectivity index is 0.00000180. The van der Waals surface area contributed by atoms with E-state index in [9.17, 15) is 0 Å². The van der Waals surface area contributed by atoms with Gasteiger partial charge < -0.3 is 4.98 Å². The highest BCUT2D eigenvalue weighted by atomic mass is 35.5. The molecule has 2 nitrogen and oxygen atoms in total. The molecule has 0 spiro atoms. The van der Waals surface area contributed by atoms with Crippen molar-refractivity contribution in [3.05, 3.63) is 53.6 Å². The maximum atomic E-state index is 4.30. The highest BCUT2D eigenvalue weighted by molar-refractivity contribution is 7.98. The number of thioether (sulfide) groups is 1. The first kappa shape index (κ1) is 16.1. The SMILES string of the molecule is Cc1[nH]cnc1CSCCCCc1ccccc1.Cl. The third-order valence-electron chi connectivity index (χ3n) is 3.02. The van der Waals surface area contributed by atoms with Crippen LogP contribution in [0.5, 0.6) is 0 Å². The molecule has 4 heteroatoms. The molecule has 0 atom stereocenters. The van der Waals surface area contributed by atoms with E-state index in [4.69, 9.17) is 0 Å². The van der Waals surface area contributed by atoms with E-state index in [1.807, 2.05) is 11.8 Å². The number of rotatable bonds is 7. The average molecular weight is 297 g/mol. The molecule has 0 aliphatic rings. The van der Waals surface area contributed by atoms with Gasteiger partial charge in [0.1, 0.15) is 0 Å². The molecular formula is C15H21ClN2S. The minimum absolute atomic E-state index is 0. The monoisotopic (exact) mass is 296 g/mol. The van der Waals surface area contributed by atoms with E-state index in [0.29, 0.717) is 0 Å². The van der Waals surface area contributed by atoms with Crippen molar-refractivity contribution in [1.82, 2.24) is 9.97 Å². The predicted octanol–water partition coefficient (Wildman–Crippen LogP) is 4.40. The van der Waals surface area contributed by atoms with Gasteiger partial charge in [0.2, 0.25) is 0 Å². The van der Waals surface area contributed by atoms with Gasteiger partial charge in [0.25, 0.3) is 0 Å². The van der Waals surface area contributed by atoms with Crippen LogP contribution in [0.25, 0.3) is 0 Å². The minimum atomic E-state index is 0. The van der Waals surface area contributed by atoms with Crippen molar-refractivity contribution in [2.45, 2.75) is 31.9 Å². The molecule has 1 N–H and O–H groups in total. The van der Waals surface area contributed by atoms with E-state index in [-0.39, 0.29) is 12.4 Å². The maximum Gasteiger partial charge on any atom is 0.0925 e. The molecule has 2 aromatic rings. The summed E-state index contributed by atoms with van der Waals surface area (Å²) in [7, 11) is 0. The number of nitrogens with zero attached hydrogens (tertiary/aromatic N) is 1. The van der Waals surface area contributed by atoms with Crippen LogP contribution < -0.4 is 0 Å². The Morgan fingerprint density at radius 3 is 2.63 bits per heavy atom. The number of imidazole rings is 1. The first-order valence-corrected chi connectivity index (χ1v) is 7.62. The van der Waals surface area contributed by atoms with Crippen LogP contribution in [0, 0.1) is 6.92 Å². The normalized spacial score (nSPS) is 10.2. The summed E-state index contributed by atoms with van der Waals surface area (Å²) < 4.78 is 0. The first-order chi connectivity index (χ1) is 8.86. The van der Waals surface area contributed by atoms with Gasteiger partial charge in [0.05, 0.1) is 12.0 Å². The highest BCUT2D eigenvalue weighted by Crippen LogP contribution is 2.15. The molecule has 0 radical (unpaired) electrons. The first-order valence-electron chi connectivity index (χ1n) is 6.47. The van der Waals surface area contributed by atoms with E-state index < -0.39 is 0 Å². The number of halogens is 1. The van der Waals surface area contributed by atoms with Crippen LogP contribution in [-0.2, 0) is 12.2 Å². The number of unbranched alkanes of at least 4 members (excludes halogenated alkanes) is 1. The van der Waals surface area contributed by atoms with Crippen LogP contribution in [0.2, 0.25) is 0 Å². The molecule has 0 aliphatic carbocycles. The van der Waals surface area contributed by atoms with Gasteiger partial charge in [-0.05, 0) is 37.5 Å². The van der Waals surface area contributed by atoms with Crippen molar-refractivity contribution < 1.29 is 0 Å². The number of aromatic nitrogens is 2. The van der Waals surface area contributed by atoms with Gasteiger partial charge in [-0.2, -0.15) is 11.8 Å². The smallest absolute Gasteiger partial charge is 0.0925 e. The zero-order chi connectivity index (χ0) is 12.6. The number of hydrogen-bond donors (Lipinski definition) is 1. The average Bonchev–Trinajstić information content (AvgIpc) is 2.81. The molecule has 0 saturated carbocycles. The summed E-state index contributed by atoms with van der Waals surface area (Å²) in [5.41, 5.74) is 3.85. The predicted molar refractivity (Wildman–Crippen MR) is 86.1 cm³/mol. The Kier molecular flexibility index (Phi) is 7.68. The van der Waals surface area contributed by atoms with Crippen molar-refractivity contribution >= 4 is 24.2 Å². The molecule has 0 fully saturated rings. The fourth-order valence-corrected chi connectivity index (χ4v) is 2.92. The van der Waals surface area contributed by atoms with Crippen molar-refractivity contribution in [3.63, 3.8) is 0 Å². The third-order valence-corrected chi connectivity index (χ3v) is 4.07. The topological polar surface area (TPSA) is 28.7 Å². The van der Waals surface area contributed by atoms with E-state index in [1.54, 1.807) is 6.33 Å². The van der Waals surface area contributed by atoms with Crippen LogP contribution in [-0.4, -0.2) is 15.7 Å². The lowest BCUT2D eigenvalue weighted by atomic mass is 10.1. The maximum absolute atomic E-state index is 4.30. The lowest BCUT2D eigenvalue weighted by molar-refractivity contribution is 0.802. The van der Waals surface area contributed by atoms with Crippen molar-refractivity contribution in [2.24, 2.45) is 0 Å². The minimum Gasteiger partial charge on any atom is -0.348 e. The number of aryl methyl sites for hydroxylation is 2. The van der Waals surface area contributed by atoms with Crippen molar-refractivity contribution in [2.75, 3.05) is 5.75 Å². The van der Waals surface area contributed by atoms with Gasteiger partial charge >= 0.3 is 0 Å². The summed E-state index contributed by atoms with van der Waals surface area (Å²) in [5.74, 6) is 2.25. The molecule has 0 unspecified atom stereocenters. The Bertz CT molecular complexity index is 456. The third kappa shape index (κ3) is 5.70. The number of benzene rings is 1. The Hall–Kier alpha value is -0.930. The van der Waals surface area contributed by atoms with Gasteiger partial charge in [-0.1, -0.05) is 30.3 Å². The fourth-order valence-electron chi connectivity index (χ4n) is 1.88. The lowest BCUT2D eigenvalue weighted by Gasteiger charge is -2.02. The molecule has 104 valence electrons. The second-order valence-electron chi connectivity index (χ2n) is 4.47. The number of nitrogens with one attached hydrogen (secondary N) is 1. The zero-order valence-electron chi connectivity index (χ0n) is 11.3. The summed E-state index contributed by atoms with van der Waals surface area (Å²) in [6.07, 6.45) is 5.53. The van der Waals surface area contributed by atoms with Gasteiger partial charge in [-0.15, -0.1) is 12.4 Å². The molecule has 0 saturated heterocycles. The molecule has 1 aromatic heterocycles. The Morgan fingerprint density at radius 1 is 1.16 bits per heavy atom. The lowest BCUT2D eigenvalue weighted by Crippen LogP contribution is -1.89. The molecule has 0 amide bonds. The Labute approximate surface area is 125 Å². The van der Waals surface area contributed by atoms with Crippen LogP contribution in [0.15, 0.2) is 36.7 Å². The van der Waals surface area contributed by atoms with Crippen molar-refractivity contribution in [3.8, 4) is 0 Å². The second-order valence-corrected chi connectivity index (χ2v) is 5.57. The van der Waals surface area contributed by atoms with Gasteiger partial charge in [0, 0.05) is 11.4 Å². The van der Waals surface area contributed by atoms with E-state index in [0.717, 1.165) is 5.75 Å². The fraction of sp³-hybridized carbons (Fsp3) is 0.400. The van der Waals surface area contributed by atoms with Crippen LogP contribution >= 0.6 is 24.2 Å². The number of aromatic amines is 1. The second kappa shape index (κ2) is 9.05. The molecule has 2 rings (SSSR count). The van der Waals surface area contributed by atoms with Crippen LogP contribution in [0.1, 0.15) is 29.8 Å². The standard InChI is InChI=1S/C15H20N2S.ClH/c1-13-15(17-12-16-13)11-18-10-6-5-9-14-7-3-2-4-8-14;/h2-4,7-8,12H,5-6,9-11H2,1H3,(H,16,17);1H. The van der Waals surface area contributed by atoms with E-state index in [2.05, 4.69) is 47.2 Å². The van der Waals surface area contributed by atoms with E-state index in [1.165, 1.54) is 42.0 Å². The summed E-state index contributed by atoms with van der Waals surface area (Å²) in [5, 5.41) is 0. The number of H-pyrrole nitrogens is 1. The largest absolute Gasteiger partial charge is 0.348 e. The summed E-state index contributed by atoms with van der Waals surface area (Å²) in [6, 6.07) is 10.7. The number of hydrogen-bond acceptors (Lipinski definition) is 2. The molecule has 0 aliphatic heterocycles. The Morgan fingerprint density at radius 2 is 1.95 bits per heavy atom. The molecular weight excluding hydrogens is 276 g/mol. The van der Waals surface area contributed by atoms with Gasteiger partial charge in [-0.3, -0.25) is 0 Å². The molecule has 1 heterocycles. The van der Waals surface area contributed by atoms with Crippen LogP contribution in [0.3, 0.4) is 0 Å². The highest BCUT2D eigenvalue weighted by Gasteiger charge is 2.00. The summed E-state index contributed by atoms with van der Waals surface area (Å²) in [6.45, 7) is 2.08. The molecule has 1 aromatic carbocycles. The van der Waals surface area contributed by atoms with E-state index >= 15 is 0 Å². The summed E-state index contributed by atoms with van der Waals surface area (Å²) in [4.78, 5) is 7.42. The zero-order valence-corrected chi connectivity index (χ0v) is 12.9. The quantitative estimate of drug-likeness (QED) is 0.767. The van der Waals surface area contributed by atoms with Gasteiger partial charge in [-0.25, -0.2) is 4.98 Å². The van der Waals surface area contributed by atoms with Gasteiger partial charge in [0.15, 0.2) is 0 Å². The molecule has 19 heavy (non-hydrogen) atoms. The van der Waals surface area contributed by atoms with Crippen molar-refractivity contribution in [1.29, 1.82) is 0 Å². The van der Waals surface area contributed by atoms with Crippen LogP contribution in [0.4, 0.5) is 0 Å². The molecule has 0 bridgehead atoms.